The number of thiazole rings is 1. The van der Waals surface area contributed by atoms with Gasteiger partial charge >= 0.3 is 0 Å². The normalized spacial score (nSPS) is 13.1. The average molecular weight is 249 g/mol. The Balaban J connectivity index is 2.25. The van der Waals surface area contributed by atoms with Crippen molar-refractivity contribution in [1.29, 1.82) is 0 Å². The quantitative estimate of drug-likeness (QED) is 0.783. The van der Waals surface area contributed by atoms with Crippen LogP contribution in [0, 0.1) is 13.8 Å². The number of aromatic nitrogens is 1. The van der Waals surface area contributed by atoms with Crippen LogP contribution in [0.3, 0.4) is 0 Å². The van der Waals surface area contributed by atoms with Gasteiger partial charge in [0, 0.05) is 25.1 Å². The number of halogens is 1. The second-order valence-electron chi connectivity index (χ2n) is 3.43. The molecule has 0 fully saturated rings. The lowest BCUT2D eigenvalue weighted by Crippen LogP contribution is -2.25. The number of rotatable bonds is 6. The molecule has 1 N–H and O–H groups in total. The predicted octanol–water partition coefficient (Wildman–Crippen LogP) is 2.10. The van der Waals surface area contributed by atoms with Crippen molar-refractivity contribution in [2.45, 2.75) is 25.8 Å². The average Bonchev–Trinajstić information content (AvgIpc) is 2.46. The third kappa shape index (κ3) is 4.47. The number of nitrogens with one attached hydrogen (secondary N) is 1. The molecule has 0 aliphatic heterocycles. The number of nitrogens with zero attached hydrogens (tertiary/aromatic N) is 1. The Morgan fingerprint density at radius 3 is 2.80 bits per heavy atom. The molecule has 86 valence electrons. The summed E-state index contributed by atoms with van der Waals surface area (Å²) in [5.74, 6) is 0. The van der Waals surface area contributed by atoms with Crippen molar-refractivity contribution in [2.75, 3.05) is 20.3 Å². The Bertz CT molecular complexity index is 284. The van der Waals surface area contributed by atoms with E-state index in [1.165, 1.54) is 4.88 Å². The molecule has 1 rings (SSSR count). The van der Waals surface area contributed by atoms with Gasteiger partial charge in [0.05, 0.1) is 17.7 Å². The van der Waals surface area contributed by atoms with E-state index in [0.29, 0.717) is 6.61 Å². The van der Waals surface area contributed by atoms with E-state index in [9.17, 15) is 0 Å². The number of hydrogen-bond donors (Lipinski definition) is 1. The van der Waals surface area contributed by atoms with Crippen molar-refractivity contribution in [3.63, 3.8) is 0 Å². The van der Waals surface area contributed by atoms with Crippen LogP contribution in [0.2, 0.25) is 0 Å². The van der Waals surface area contributed by atoms with Crippen LogP contribution in [-0.2, 0) is 11.3 Å². The van der Waals surface area contributed by atoms with Crippen LogP contribution in [0.4, 0.5) is 0 Å². The molecule has 0 aliphatic carbocycles. The van der Waals surface area contributed by atoms with E-state index in [0.717, 1.165) is 23.8 Å². The van der Waals surface area contributed by atoms with Crippen LogP contribution in [-0.4, -0.2) is 30.6 Å². The highest BCUT2D eigenvalue weighted by Crippen LogP contribution is 2.15. The number of ether oxygens (including phenoxy) is 1. The van der Waals surface area contributed by atoms with E-state index in [2.05, 4.69) is 17.2 Å². The molecular weight excluding hydrogens is 232 g/mol. The van der Waals surface area contributed by atoms with Crippen molar-refractivity contribution in [1.82, 2.24) is 10.3 Å². The van der Waals surface area contributed by atoms with E-state index >= 15 is 0 Å². The van der Waals surface area contributed by atoms with E-state index in [1.54, 1.807) is 18.4 Å². The maximum atomic E-state index is 5.98. The third-order valence-electron chi connectivity index (χ3n) is 2.06. The van der Waals surface area contributed by atoms with Crippen LogP contribution >= 0.6 is 22.9 Å². The first-order chi connectivity index (χ1) is 7.13. The Hall–Kier alpha value is -0.160. The molecule has 1 heterocycles. The highest BCUT2D eigenvalue weighted by atomic mass is 35.5. The van der Waals surface area contributed by atoms with Gasteiger partial charge in [-0.05, 0) is 13.8 Å². The molecule has 0 radical (unpaired) electrons. The lowest BCUT2D eigenvalue weighted by molar-refractivity contribution is 0.197. The minimum Gasteiger partial charge on any atom is -0.383 e. The molecule has 0 saturated heterocycles. The molecule has 1 aromatic heterocycles. The second-order valence-corrected chi connectivity index (χ2v) is 5.34. The summed E-state index contributed by atoms with van der Waals surface area (Å²) in [5, 5.41) is 4.40. The molecule has 0 aromatic carbocycles. The van der Waals surface area contributed by atoms with E-state index in [1.807, 2.05) is 6.92 Å². The van der Waals surface area contributed by atoms with Crippen molar-refractivity contribution >= 4 is 22.9 Å². The number of aryl methyl sites for hydroxylation is 2. The van der Waals surface area contributed by atoms with Crippen LogP contribution in [0.1, 0.15) is 15.6 Å². The number of methoxy groups -OCH3 is 1. The maximum Gasteiger partial charge on any atom is 0.107 e. The zero-order valence-corrected chi connectivity index (χ0v) is 10.9. The molecule has 0 spiro atoms. The topological polar surface area (TPSA) is 34.1 Å². The lowest BCUT2D eigenvalue weighted by Gasteiger charge is -2.08. The SMILES string of the molecule is COCC(Cl)CNCc1nc(C)c(C)s1. The Morgan fingerprint density at radius 2 is 2.27 bits per heavy atom. The molecule has 1 aromatic rings. The summed E-state index contributed by atoms with van der Waals surface area (Å²) in [4.78, 5) is 5.72. The fraction of sp³-hybridized carbons (Fsp3) is 0.700. The van der Waals surface area contributed by atoms with Gasteiger partial charge < -0.3 is 10.1 Å². The molecule has 1 atom stereocenters. The molecule has 0 saturated carbocycles. The van der Waals surface area contributed by atoms with Gasteiger partial charge in [-0.1, -0.05) is 0 Å². The smallest absolute Gasteiger partial charge is 0.107 e. The van der Waals surface area contributed by atoms with Crippen LogP contribution in [0.25, 0.3) is 0 Å². The van der Waals surface area contributed by atoms with Gasteiger partial charge in [0.25, 0.3) is 0 Å². The second kappa shape index (κ2) is 6.43. The van der Waals surface area contributed by atoms with Crippen LogP contribution in [0.15, 0.2) is 0 Å². The lowest BCUT2D eigenvalue weighted by atomic mass is 10.4. The first-order valence-corrected chi connectivity index (χ1v) is 6.15. The Kier molecular flexibility index (Phi) is 5.53. The summed E-state index contributed by atoms with van der Waals surface area (Å²) in [6, 6.07) is 0. The van der Waals surface area contributed by atoms with Gasteiger partial charge in [0.15, 0.2) is 0 Å². The summed E-state index contributed by atoms with van der Waals surface area (Å²) >= 11 is 7.71. The summed E-state index contributed by atoms with van der Waals surface area (Å²) in [5.41, 5.74) is 1.12. The number of alkyl halides is 1. The van der Waals surface area contributed by atoms with E-state index in [4.69, 9.17) is 16.3 Å². The monoisotopic (exact) mass is 248 g/mol. The van der Waals surface area contributed by atoms with Crippen molar-refractivity contribution in [3.8, 4) is 0 Å². The summed E-state index contributed by atoms with van der Waals surface area (Å²) < 4.78 is 4.94. The first kappa shape index (κ1) is 12.9. The first-order valence-electron chi connectivity index (χ1n) is 4.90. The van der Waals surface area contributed by atoms with E-state index in [-0.39, 0.29) is 5.38 Å². The molecule has 15 heavy (non-hydrogen) atoms. The van der Waals surface area contributed by atoms with Crippen molar-refractivity contribution in [3.05, 3.63) is 15.6 Å². The molecule has 5 heteroatoms. The fourth-order valence-corrected chi connectivity index (χ4v) is 2.33. The van der Waals surface area contributed by atoms with Gasteiger partial charge in [0.1, 0.15) is 5.01 Å². The largest absolute Gasteiger partial charge is 0.383 e. The van der Waals surface area contributed by atoms with Crippen molar-refractivity contribution in [2.24, 2.45) is 0 Å². The van der Waals surface area contributed by atoms with Gasteiger partial charge in [0.2, 0.25) is 0 Å². The zero-order chi connectivity index (χ0) is 11.3. The molecule has 3 nitrogen and oxygen atoms in total. The minimum absolute atomic E-state index is 0.0251. The van der Waals surface area contributed by atoms with E-state index < -0.39 is 0 Å². The fourth-order valence-electron chi connectivity index (χ4n) is 1.19. The standard InChI is InChI=1S/C10H17ClN2OS/c1-7-8(2)15-10(13-7)5-12-4-9(11)6-14-3/h9,12H,4-6H2,1-3H3. The van der Waals surface area contributed by atoms with Gasteiger partial charge in [-0.3, -0.25) is 0 Å². The van der Waals surface area contributed by atoms with Gasteiger partial charge in [-0.25, -0.2) is 4.98 Å². The Labute approximate surface area is 99.8 Å². The molecule has 0 amide bonds. The third-order valence-corrected chi connectivity index (χ3v) is 3.42. The molecular formula is C10H17ClN2OS. The van der Waals surface area contributed by atoms with Gasteiger partial charge in [-0.2, -0.15) is 0 Å². The molecule has 0 aliphatic rings. The van der Waals surface area contributed by atoms with Crippen LogP contribution in [0.5, 0.6) is 0 Å². The van der Waals surface area contributed by atoms with Gasteiger partial charge in [-0.15, -0.1) is 22.9 Å². The highest BCUT2D eigenvalue weighted by Gasteiger charge is 2.05. The summed E-state index contributed by atoms with van der Waals surface area (Å²) in [7, 11) is 1.66. The zero-order valence-electron chi connectivity index (χ0n) is 9.34. The molecule has 0 bridgehead atoms. The molecule has 1 unspecified atom stereocenters. The summed E-state index contributed by atoms with van der Waals surface area (Å²) in [6.07, 6.45) is 0. The maximum absolute atomic E-state index is 5.98. The summed E-state index contributed by atoms with van der Waals surface area (Å²) in [6.45, 7) is 6.22. The predicted molar refractivity (Wildman–Crippen MR) is 64.8 cm³/mol. The van der Waals surface area contributed by atoms with Crippen molar-refractivity contribution < 1.29 is 4.74 Å². The highest BCUT2D eigenvalue weighted by molar-refractivity contribution is 7.11. The van der Waals surface area contributed by atoms with Crippen LogP contribution < -0.4 is 5.32 Å². The Morgan fingerprint density at radius 1 is 1.53 bits per heavy atom. The minimum atomic E-state index is 0.0251. The number of hydrogen-bond acceptors (Lipinski definition) is 4.